The summed E-state index contributed by atoms with van der Waals surface area (Å²) < 4.78 is 5.53. The quantitative estimate of drug-likeness (QED) is 0.609. The number of ether oxygens (including phenoxy) is 1. The largest absolute Gasteiger partial charge is 0.462 e. The predicted molar refractivity (Wildman–Crippen MR) is 106 cm³/mol. The Morgan fingerprint density at radius 1 is 1.22 bits per heavy atom. The number of ketones is 1. The second kappa shape index (κ2) is 7.71. The Morgan fingerprint density at radius 3 is 2.59 bits per heavy atom. The van der Waals surface area contributed by atoms with Crippen LogP contribution in [0.5, 0.6) is 0 Å². The SMILES string of the molecule is CCCCOC(=O)C1=C(C)NC2=C(C(=O)CC(C)(C)C2)[C@@H]1c1ccccc1. The van der Waals surface area contributed by atoms with Gasteiger partial charge in [0.15, 0.2) is 5.78 Å². The Hall–Kier alpha value is -2.36. The topological polar surface area (TPSA) is 55.4 Å². The van der Waals surface area contributed by atoms with Gasteiger partial charge in [-0.1, -0.05) is 57.5 Å². The first-order valence-corrected chi connectivity index (χ1v) is 9.80. The molecule has 27 heavy (non-hydrogen) atoms. The Labute approximate surface area is 161 Å². The first-order valence-electron chi connectivity index (χ1n) is 9.80. The van der Waals surface area contributed by atoms with Gasteiger partial charge in [-0.2, -0.15) is 0 Å². The second-order valence-electron chi connectivity index (χ2n) is 8.33. The lowest BCUT2D eigenvalue weighted by atomic mass is 9.68. The van der Waals surface area contributed by atoms with Crippen molar-refractivity contribution < 1.29 is 14.3 Å². The third-order valence-corrected chi connectivity index (χ3v) is 5.32. The highest BCUT2D eigenvalue weighted by Crippen LogP contribution is 2.46. The molecule has 2 aliphatic rings. The number of hydrogen-bond acceptors (Lipinski definition) is 4. The van der Waals surface area contributed by atoms with Crippen LogP contribution in [0.25, 0.3) is 0 Å². The molecule has 0 saturated heterocycles. The monoisotopic (exact) mass is 367 g/mol. The van der Waals surface area contributed by atoms with Crippen molar-refractivity contribution >= 4 is 11.8 Å². The molecule has 0 unspecified atom stereocenters. The fourth-order valence-electron chi connectivity index (χ4n) is 4.07. The molecule has 0 spiro atoms. The van der Waals surface area contributed by atoms with Crippen LogP contribution in [0.3, 0.4) is 0 Å². The fourth-order valence-corrected chi connectivity index (χ4v) is 4.07. The van der Waals surface area contributed by atoms with Crippen LogP contribution in [0, 0.1) is 5.41 Å². The summed E-state index contributed by atoms with van der Waals surface area (Å²) in [5.74, 6) is -0.569. The third kappa shape index (κ3) is 4.00. The minimum absolute atomic E-state index is 0.0798. The van der Waals surface area contributed by atoms with E-state index in [1.54, 1.807) is 0 Å². The van der Waals surface area contributed by atoms with E-state index in [0.717, 1.165) is 41.8 Å². The maximum Gasteiger partial charge on any atom is 0.336 e. The summed E-state index contributed by atoms with van der Waals surface area (Å²) in [6, 6.07) is 9.82. The molecule has 1 aliphatic heterocycles. The summed E-state index contributed by atoms with van der Waals surface area (Å²) >= 11 is 0. The normalized spacial score (nSPS) is 21.6. The van der Waals surface area contributed by atoms with Gasteiger partial charge in [-0.15, -0.1) is 0 Å². The second-order valence-corrected chi connectivity index (χ2v) is 8.33. The van der Waals surface area contributed by atoms with E-state index in [-0.39, 0.29) is 23.1 Å². The number of rotatable bonds is 5. The van der Waals surface area contributed by atoms with Crippen LogP contribution >= 0.6 is 0 Å². The molecule has 1 N–H and O–H groups in total. The lowest BCUT2D eigenvalue weighted by molar-refractivity contribution is -0.139. The van der Waals surface area contributed by atoms with Crippen LogP contribution in [0.15, 0.2) is 52.9 Å². The zero-order valence-corrected chi connectivity index (χ0v) is 16.7. The minimum atomic E-state index is -0.361. The number of benzene rings is 1. The van der Waals surface area contributed by atoms with Crippen LogP contribution in [0.1, 0.15) is 64.9 Å². The molecule has 144 valence electrons. The number of carbonyl (C=O) groups excluding carboxylic acids is 2. The van der Waals surface area contributed by atoms with E-state index in [0.29, 0.717) is 18.6 Å². The number of unbranched alkanes of at least 4 members (excludes halogenated alkanes) is 1. The van der Waals surface area contributed by atoms with Crippen molar-refractivity contribution in [1.82, 2.24) is 5.32 Å². The molecule has 0 aromatic heterocycles. The number of allylic oxidation sites excluding steroid dienone is 3. The zero-order chi connectivity index (χ0) is 19.6. The molecule has 0 amide bonds. The van der Waals surface area contributed by atoms with Crippen molar-refractivity contribution in [2.24, 2.45) is 5.41 Å². The predicted octanol–water partition coefficient (Wildman–Crippen LogP) is 4.63. The number of dihydropyridines is 1. The van der Waals surface area contributed by atoms with Gasteiger partial charge in [0.05, 0.1) is 12.2 Å². The number of esters is 1. The Balaban J connectivity index is 2.06. The highest BCUT2D eigenvalue weighted by atomic mass is 16.5. The molecule has 3 rings (SSSR count). The summed E-state index contributed by atoms with van der Waals surface area (Å²) in [4.78, 5) is 26.0. The van der Waals surface area contributed by atoms with Gasteiger partial charge >= 0.3 is 5.97 Å². The maximum atomic E-state index is 13.1. The Kier molecular flexibility index (Phi) is 5.54. The standard InChI is InChI=1S/C23H29NO3/c1-5-6-12-27-22(26)19-15(2)24-17-13-23(3,4)14-18(25)21(17)20(19)16-10-8-7-9-11-16/h7-11,20,24H,5-6,12-14H2,1-4H3/t20-/m1/s1. The van der Waals surface area contributed by atoms with Gasteiger partial charge < -0.3 is 10.1 Å². The van der Waals surface area contributed by atoms with Gasteiger partial charge in [-0.3, -0.25) is 4.79 Å². The van der Waals surface area contributed by atoms with E-state index in [2.05, 4.69) is 26.1 Å². The average Bonchev–Trinajstić information content (AvgIpc) is 2.60. The van der Waals surface area contributed by atoms with E-state index < -0.39 is 0 Å². The number of Topliss-reactive ketones (excluding diaryl/α,β-unsaturated/α-hetero) is 1. The average molecular weight is 367 g/mol. The molecule has 0 saturated carbocycles. The van der Waals surface area contributed by atoms with E-state index in [1.807, 2.05) is 37.3 Å². The highest BCUT2D eigenvalue weighted by molar-refractivity contribution is 6.04. The van der Waals surface area contributed by atoms with Gasteiger partial charge in [-0.05, 0) is 30.7 Å². The molecule has 4 nitrogen and oxygen atoms in total. The summed E-state index contributed by atoms with van der Waals surface area (Å²) in [5.41, 5.74) is 3.91. The van der Waals surface area contributed by atoms with E-state index in [4.69, 9.17) is 4.74 Å². The Bertz CT molecular complexity index is 802. The summed E-state index contributed by atoms with van der Waals surface area (Å²) in [6.07, 6.45) is 3.10. The van der Waals surface area contributed by atoms with Crippen molar-refractivity contribution in [2.75, 3.05) is 6.61 Å². The first-order chi connectivity index (χ1) is 12.8. The number of hydrogen-bond donors (Lipinski definition) is 1. The molecule has 1 atom stereocenters. The van der Waals surface area contributed by atoms with Crippen LogP contribution < -0.4 is 5.32 Å². The highest BCUT2D eigenvalue weighted by Gasteiger charge is 2.42. The zero-order valence-electron chi connectivity index (χ0n) is 16.7. The van der Waals surface area contributed by atoms with E-state index >= 15 is 0 Å². The lowest BCUT2D eigenvalue weighted by Gasteiger charge is -2.39. The van der Waals surface area contributed by atoms with Crippen molar-refractivity contribution in [3.05, 3.63) is 58.4 Å². The van der Waals surface area contributed by atoms with E-state index in [9.17, 15) is 9.59 Å². The molecule has 0 bridgehead atoms. The molecular weight excluding hydrogens is 338 g/mol. The lowest BCUT2D eigenvalue weighted by Crippen LogP contribution is -2.38. The number of nitrogens with one attached hydrogen (secondary N) is 1. The van der Waals surface area contributed by atoms with E-state index in [1.165, 1.54) is 0 Å². The molecule has 1 heterocycles. The van der Waals surface area contributed by atoms with Crippen molar-refractivity contribution in [3.8, 4) is 0 Å². The maximum absolute atomic E-state index is 13.1. The number of carbonyl (C=O) groups is 2. The first kappa shape index (κ1) is 19.4. The molecular formula is C23H29NO3. The van der Waals surface area contributed by atoms with Crippen molar-refractivity contribution in [3.63, 3.8) is 0 Å². The molecule has 0 fully saturated rings. The molecule has 1 aliphatic carbocycles. The van der Waals surface area contributed by atoms with Crippen molar-refractivity contribution in [1.29, 1.82) is 0 Å². The van der Waals surface area contributed by atoms with Crippen molar-refractivity contribution in [2.45, 2.75) is 59.3 Å². The van der Waals surface area contributed by atoms with Gasteiger partial charge in [-0.25, -0.2) is 4.79 Å². The molecule has 4 heteroatoms. The van der Waals surface area contributed by atoms with Gasteiger partial charge in [0.1, 0.15) is 0 Å². The fraction of sp³-hybridized carbons (Fsp3) is 0.478. The van der Waals surface area contributed by atoms with Gasteiger partial charge in [0, 0.05) is 29.3 Å². The summed E-state index contributed by atoms with van der Waals surface area (Å²) in [5, 5.41) is 3.36. The minimum Gasteiger partial charge on any atom is -0.462 e. The molecule has 0 radical (unpaired) electrons. The van der Waals surface area contributed by atoms with Crippen LogP contribution in [0.4, 0.5) is 0 Å². The van der Waals surface area contributed by atoms with Gasteiger partial charge in [0.2, 0.25) is 0 Å². The Morgan fingerprint density at radius 2 is 1.93 bits per heavy atom. The summed E-state index contributed by atoms with van der Waals surface area (Å²) in [6.45, 7) is 8.60. The van der Waals surface area contributed by atoms with Crippen LogP contribution in [-0.2, 0) is 14.3 Å². The smallest absolute Gasteiger partial charge is 0.336 e. The van der Waals surface area contributed by atoms with Gasteiger partial charge in [0.25, 0.3) is 0 Å². The van der Waals surface area contributed by atoms with Crippen LogP contribution in [-0.4, -0.2) is 18.4 Å². The molecule has 1 aromatic carbocycles. The summed E-state index contributed by atoms with van der Waals surface area (Å²) in [7, 11) is 0. The molecule has 1 aromatic rings. The van der Waals surface area contributed by atoms with Crippen LogP contribution in [0.2, 0.25) is 0 Å². The third-order valence-electron chi connectivity index (χ3n) is 5.32.